The number of thiazole rings is 1. The number of aromatic nitrogens is 1. The normalized spacial score (nSPS) is 12.4. The number of nitrogens with one attached hydrogen (secondary N) is 1. The van der Waals surface area contributed by atoms with E-state index in [0.29, 0.717) is 6.54 Å². The maximum Gasteiger partial charge on any atom is 0.239 e. The molecule has 0 spiro atoms. The topological polar surface area (TPSA) is 45.2 Å². The van der Waals surface area contributed by atoms with Crippen LogP contribution in [0, 0.1) is 13.8 Å². The third-order valence-electron chi connectivity index (χ3n) is 3.66. The van der Waals surface area contributed by atoms with Crippen LogP contribution in [0.5, 0.6) is 0 Å². The van der Waals surface area contributed by atoms with E-state index in [4.69, 9.17) is 0 Å². The monoisotopic (exact) mass is 305 g/mol. The summed E-state index contributed by atoms with van der Waals surface area (Å²) < 4.78 is 1.21. The zero-order chi connectivity index (χ0) is 15.6. The molecule has 2 rings (SSSR count). The summed E-state index contributed by atoms with van der Waals surface area (Å²) in [6.07, 6.45) is 0.939. The highest BCUT2D eigenvalue weighted by Gasteiger charge is 2.15. The molecule has 1 aromatic heterocycles. The molecule has 0 bridgehead atoms. The molecular weight excluding hydrogens is 282 g/mol. The minimum Gasteiger partial charge on any atom is -0.352 e. The van der Waals surface area contributed by atoms with Gasteiger partial charge >= 0.3 is 0 Å². The first-order chi connectivity index (χ1) is 9.92. The van der Waals surface area contributed by atoms with Gasteiger partial charge < -0.3 is 10.2 Å². The number of hydrogen-bond donors (Lipinski definition) is 1. The van der Waals surface area contributed by atoms with E-state index < -0.39 is 0 Å². The molecule has 114 valence electrons. The molecule has 0 aliphatic carbocycles. The lowest BCUT2D eigenvalue weighted by atomic mass is 10.1. The number of anilines is 1. The molecule has 1 N–H and O–H groups in total. The number of aryl methyl sites for hydroxylation is 2. The zero-order valence-corrected chi connectivity index (χ0v) is 14.2. The Bertz CT molecular complexity index is 611. The van der Waals surface area contributed by atoms with Crippen LogP contribution in [0.1, 0.15) is 31.4 Å². The Morgan fingerprint density at radius 3 is 2.67 bits per heavy atom. The largest absolute Gasteiger partial charge is 0.352 e. The zero-order valence-electron chi connectivity index (χ0n) is 13.4. The molecule has 1 unspecified atom stereocenters. The van der Waals surface area contributed by atoms with E-state index in [1.54, 1.807) is 11.3 Å². The number of hydrogen-bond acceptors (Lipinski definition) is 4. The predicted octanol–water partition coefficient (Wildman–Crippen LogP) is 3.26. The Balaban J connectivity index is 2.16. The Morgan fingerprint density at radius 1 is 1.38 bits per heavy atom. The van der Waals surface area contributed by atoms with Gasteiger partial charge in [-0.3, -0.25) is 4.79 Å². The molecule has 1 heterocycles. The third kappa shape index (κ3) is 3.53. The number of amides is 1. The maximum atomic E-state index is 12.0. The molecule has 0 saturated carbocycles. The fourth-order valence-corrected chi connectivity index (χ4v) is 3.19. The summed E-state index contributed by atoms with van der Waals surface area (Å²) >= 11 is 1.65. The van der Waals surface area contributed by atoms with Gasteiger partial charge in [-0.05, 0) is 38.3 Å². The van der Waals surface area contributed by atoms with Crippen LogP contribution in [0.4, 0.5) is 5.13 Å². The van der Waals surface area contributed by atoms with Gasteiger partial charge in [-0.15, -0.1) is 0 Å². The highest BCUT2D eigenvalue weighted by Crippen LogP contribution is 2.32. The lowest BCUT2D eigenvalue weighted by Crippen LogP contribution is -2.39. The smallest absolute Gasteiger partial charge is 0.239 e. The van der Waals surface area contributed by atoms with Crippen LogP contribution in [-0.2, 0) is 4.79 Å². The summed E-state index contributed by atoms with van der Waals surface area (Å²) in [4.78, 5) is 18.6. The van der Waals surface area contributed by atoms with Crippen molar-refractivity contribution in [3.63, 3.8) is 0 Å². The van der Waals surface area contributed by atoms with Crippen molar-refractivity contribution in [1.82, 2.24) is 10.3 Å². The summed E-state index contributed by atoms with van der Waals surface area (Å²) in [7, 11) is 1.92. The average molecular weight is 305 g/mol. The van der Waals surface area contributed by atoms with E-state index in [9.17, 15) is 4.79 Å². The van der Waals surface area contributed by atoms with Crippen molar-refractivity contribution in [2.45, 2.75) is 40.2 Å². The standard InChI is InChI=1S/C16H23N3OS/c1-6-12(4)17-13(20)9-19(5)16-18-14-10(2)7-8-11(3)15(14)21-16/h7-8,12H,6,9H2,1-5H3,(H,17,20). The molecule has 4 nitrogen and oxygen atoms in total. The summed E-state index contributed by atoms with van der Waals surface area (Å²) in [6, 6.07) is 4.43. The van der Waals surface area contributed by atoms with Crippen molar-refractivity contribution in [3.05, 3.63) is 23.3 Å². The third-order valence-corrected chi connectivity index (χ3v) is 4.96. The second-order valence-electron chi connectivity index (χ2n) is 5.61. The van der Waals surface area contributed by atoms with Crippen LogP contribution in [0.2, 0.25) is 0 Å². The quantitative estimate of drug-likeness (QED) is 0.922. The van der Waals surface area contributed by atoms with E-state index in [-0.39, 0.29) is 11.9 Å². The highest BCUT2D eigenvalue weighted by atomic mass is 32.1. The second-order valence-corrected chi connectivity index (χ2v) is 6.58. The molecule has 1 aromatic carbocycles. The maximum absolute atomic E-state index is 12.0. The van der Waals surface area contributed by atoms with Crippen LogP contribution < -0.4 is 10.2 Å². The van der Waals surface area contributed by atoms with Crippen LogP contribution in [-0.4, -0.2) is 30.5 Å². The van der Waals surface area contributed by atoms with Gasteiger partial charge in [0.25, 0.3) is 0 Å². The van der Waals surface area contributed by atoms with E-state index in [2.05, 4.69) is 43.2 Å². The SMILES string of the molecule is CCC(C)NC(=O)CN(C)c1nc2c(C)ccc(C)c2s1. The van der Waals surface area contributed by atoms with Crippen LogP contribution in [0.15, 0.2) is 12.1 Å². The highest BCUT2D eigenvalue weighted by molar-refractivity contribution is 7.22. The molecule has 0 saturated heterocycles. The van der Waals surface area contributed by atoms with Crippen molar-refractivity contribution < 1.29 is 4.79 Å². The Kier molecular flexibility index (Phi) is 4.83. The van der Waals surface area contributed by atoms with Crippen LogP contribution in [0.3, 0.4) is 0 Å². The molecular formula is C16H23N3OS. The van der Waals surface area contributed by atoms with Gasteiger partial charge in [-0.25, -0.2) is 4.98 Å². The molecule has 0 aliphatic rings. The Morgan fingerprint density at radius 2 is 2.05 bits per heavy atom. The average Bonchev–Trinajstić information content (AvgIpc) is 2.89. The molecule has 21 heavy (non-hydrogen) atoms. The van der Waals surface area contributed by atoms with E-state index in [1.165, 1.54) is 15.8 Å². The lowest BCUT2D eigenvalue weighted by Gasteiger charge is -2.17. The summed E-state index contributed by atoms with van der Waals surface area (Å²) in [5.41, 5.74) is 3.46. The van der Waals surface area contributed by atoms with Crippen LogP contribution in [0.25, 0.3) is 10.2 Å². The number of fused-ring (bicyclic) bond motifs is 1. The number of rotatable bonds is 5. The minimum absolute atomic E-state index is 0.0413. The number of carbonyl (C=O) groups is 1. The predicted molar refractivity (Wildman–Crippen MR) is 90.3 cm³/mol. The van der Waals surface area contributed by atoms with Crippen molar-refractivity contribution in [2.24, 2.45) is 0 Å². The fourth-order valence-electron chi connectivity index (χ4n) is 2.12. The first-order valence-electron chi connectivity index (χ1n) is 7.29. The van der Waals surface area contributed by atoms with Gasteiger partial charge in [0.1, 0.15) is 0 Å². The first-order valence-corrected chi connectivity index (χ1v) is 8.11. The van der Waals surface area contributed by atoms with Gasteiger partial charge in [-0.1, -0.05) is 30.4 Å². The van der Waals surface area contributed by atoms with Gasteiger partial charge in [-0.2, -0.15) is 0 Å². The minimum atomic E-state index is 0.0413. The molecule has 0 fully saturated rings. The van der Waals surface area contributed by atoms with Crippen molar-refractivity contribution in [2.75, 3.05) is 18.5 Å². The van der Waals surface area contributed by atoms with Crippen molar-refractivity contribution >= 4 is 32.6 Å². The fraction of sp³-hybridized carbons (Fsp3) is 0.500. The van der Waals surface area contributed by atoms with E-state index in [0.717, 1.165) is 17.1 Å². The summed E-state index contributed by atoms with van der Waals surface area (Å²) in [5, 5.41) is 3.87. The number of benzene rings is 1. The molecule has 1 amide bonds. The molecule has 0 aliphatic heterocycles. The van der Waals surface area contributed by atoms with Crippen molar-refractivity contribution in [1.29, 1.82) is 0 Å². The molecule has 2 aromatic rings. The number of nitrogens with zero attached hydrogens (tertiary/aromatic N) is 2. The van der Waals surface area contributed by atoms with E-state index >= 15 is 0 Å². The van der Waals surface area contributed by atoms with Gasteiger partial charge in [0.2, 0.25) is 5.91 Å². The Labute approximate surface area is 130 Å². The summed E-state index contributed by atoms with van der Waals surface area (Å²) in [6.45, 7) is 8.58. The second kappa shape index (κ2) is 6.43. The van der Waals surface area contributed by atoms with Gasteiger partial charge in [0.05, 0.1) is 16.8 Å². The van der Waals surface area contributed by atoms with E-state index in [1.807, 2.05) is 18.9 Å². The summed E-state index contributed by atoms with van der Waals surface area (Å²) in [5.74, 6) is 0.0413. The Hall–Kier alpha value is -1.62. The van der Waals surface area contributed by atoms with Gasteiger partial charge in [0, 0.05) is 13.1 Å². The molecule has 5 heteroatoms. The van der Waals surface area contributed by atoms with Gasteiger partial charge in [0.15, 0.2) is 5.13 Å². The van der Waals surface area contributed by atoms with Crippen molar-refractivity contribution in [3.8, 4) is 0 Å². The lowest BCUT2D eigenvalue weighted by molar-refractivity contribution is -0.120. The number of likely N-dealkylation sites (N-methyl/N-ethyl adjacent to an activating group) is 1. The molecule has 1 atom stereocenters. The first kappa shape index (κ1) is 15.8. The molecule has 0 radical (unpaired) electrons. The van der Waals surface area contributed by atoms with Crippen LogP contribution >= 0.6 is 11.3 Å². The number of carbonyl (C=O) groups excluding carboxylic acids is 1.